The molecule has 0 radical (unpaired) electrons. The molecule has 0 aromatic rings. The summed E-state index contributed by atoms with van der Waals surface area (Å²) in [7, 11) is 3.40. The van der Waals surface area contributed by atoms with Gasteiger partial charge in [0.05, 0.1) is 24.9 Å². The zero-order chi connectivity index (χ0) is 19.3. The molecule has 2 aliphatic carbocycles. The molecule has 1 aliphatic heterocycles. The van der Waals surface area contributed by atoms with Gasteiger partial charge in [-0.25, -0.2) is 0 Å². The Balaban J connectivity index is 1.76. The van der Waals surface area contributed by atoms with Crippen LogP contribution in [-0.4, -0.2) is 48.0 Å². The highest BCUT2D eigenvalue weighted by atomic mass is 16.7. The Morgan fingerprint density at radius 2 is 2.00 bits per heavy atom. The first-order valence-electron chi connectivity index (χ1n) is 10.3. The van der Waals surface area contributed by atoms with Gasteiger partial charge in [0, 0.05) is 7.05 Å². The Morgan fingerprint density at radius 1 is 1.31 bits per heavy atom. The van der Waals surface area contributed by atoms with Crippen molar-refractivity contribution in [3.8, 4) is 0 Å². The van der Waals surface area contributed by atoms with Crippen LogP contribution in [0.1, 0.15) is 66.2 Å². The minimum Gasteiger partial charge on any atom is -0.469 e. The van der Waals surface area contributed by atoms with Gasteiger partial charge in [-0.15, -0.1) is 0 Å². The summed E-state index contributed by atoms with van der Waals surface area (Å²) in [4.78, 5) is 18.5. The van der Waals surface area contributed by atoms with Gasteiger partial charge in [-0.05, 0) is 69.1 Å². The smallest absolute Gasteiger partial charge is 0.313 e. The van der Waals surface area contributed by atoms with Crippen LogP contribution >= 0.6 is 0 Å². The number of hydrogen-bond acceptors (Lipinski definition) is 5. The lowest BCUT2D eigenvalue weighted by molar-refractivity contribution is -0.183. The van der Waals surface area contributed by atoms with Gasteiger partial charge in [-0.2, -0.15) is 5.06 Å². The minimum atomic E-state index is -0.546. The second-order valence-electron chi connectivity index (χ2n) is 9.78. The van der Waals surface area contributed by atoms with Gasteiger partial charge >= 0.3 is 5.97 Å². The van der Waals surface area contributed by atoms with Crippen molar-refractivity contribution in [2.75, 3.05) is 14.2 Å². The van der Waals surface area contributed by atoms with E-state index in [-0.39, 0.29) is 29.4 Å². The van der Waals surface area contributed by atoms with Crippen molar-refractivity contribution >= 4 is 5.97 Å². The molecule has 7 atom stereocenters. The molecule has 0 bridgehead atoms. The third kappa shape index (κ3) is 3.20. The lowest BCUT2D eigenvalue weighted by atomic mass is 9.61. The van der Waals surface area contributed by atoms with Gasteiger partial charge < -0.3 is 9.84 Å². The van der Waals surface area contributed by atoms with Crippen LogP contribution in [0, 0.1) is 29.1 Å². The van der Waals surface area contributed by atoms with Gasteiger partial charge in [0.1, 0.15) is 5.92 Å². The number of rotatable bonds is 4. The fourth-order valence-electron chi connectivity index (χ4n) is 6.69. The fraction of sp³-hybridized carbons (Fsp3) is 0.952. The van der Waals surface area contributed by atoms with Gasteiger partial charge in [-0.1, -0.05) is 20.3 Å². The van der Waals surface area contributed by atoms with Crippen LogP contribution < -0.4 is 0 Å². The number of aliphatic hydroxyl groups is 1. The number of carbonyl (C=O) groups excluding carboxylic acids is 1. The number of aliphatic hydroxyl groups excluding tert-OH is 1. The number of methoxy groups -OCH3 is 1. The highest BCUT2D eigenvalue weighted by molar-refractivity contribution is 5.75. The number of hydrogen-bond donors (Lipinski definition) is 1. The number of esters is 1. The monoisotopic (exact) mass is 367 g/mol. The number of carbonyl (C=O) groups is 1. The lowest BCUT2D eigenvalue weighted by Crippen LogP contribution is -2.44. The molecule has 1 heterocycles. The molecule has 1 N–H and O–H groups in total. The van der Waals surface area contributed by atoms with E-state index in [1.165, 1.54) is 20.0 Å². The molecule has 3 fully saturated rings. The van der Waals surface area contributed by atoms with Crippen molar-refractivity contribution in [2.45, 2.75) is 84.0 Å². The topological polar surface area (TPSA) is 59.0 Å². The first-order chi connectivity index (χ1) is 12.1. The molecule has 150 valence electrons. The quantitative estimate of drug-likeness (QED) is 0.772. The zero-order valence-electron chi connectivity index (χ0n) is 17.3. The van der Waals surface area contributed by atoms with Crippen LogP contribution in [0.25, 0.3) is 0 Å². The van der Waals surface area contributed by atoms with E-state index in [2.05, 4.69) is 13.8 Å². The Kier molecular flexibility index (Phi) is 5.46. The summed E-state index contributed by atoms with van der Waals surface area (Å²) in [6.07, 6.45) is 6.40. The van der Waals surface area contributed by atoms with Crippen molar-refractivity contribution in [3.63, 3.8) is 0 Å². The standard InChI is InChI=1S/C21H37NO4/c1-13(14-9-10-15-17(23)8-7-11-21(14,15)4)12-16-18(19(24)25-6)20(2,3)26-22(16)5/h13-18,23H,7-12H2,1-6H3/t13-,14-,15?,16-,17+,18+,21-/m1/s1. The average molecular weight is 368 g/mol. The van der Waals surface area contributed by atoms with Crippen molar-refractivity contribution in [3.05, 3.63) is 0 Å². The summed E-state index contributed by atoms with van der Waals surface area (Å²) in [5.41, 5.74) is -0.319. The molecular formula is C21H37NO4. The van der Waals surface area contributed by atoms with E-state index in [1.807, 2.05) is 26.0 Å². The second-order valence-corrected chi connectivity index (χ2v) is 9.78. The third-order valence-electron chi connectivity index (χ3n) is 7.90. The van der Waals surface area contributed by atoms with Crippen molar-refractivity contribution in [1.82, 2.24) is 5.06 Å². The molecule has 3 aliphatic rings. The molecule has 26 heavy (non-hydrogen) atoms. The van der Waals surface area contributed by atoms with E-state index in [0.717, 1.165) is 25.7 Å². The summed E-state index contributed by atoms with van der Waals surface area (Å²) >= 11 is 0. The molecule has 2 saturated carbocycles. The van der Waals surface area contributed by atoms with Crippen LogP contribution in [0.15, 0.2) is 0 Å². The van der Waals surface area contributed by atoms with Crippen molar-refractivity contribution in [2.24, 2.45) is 29.1 Å². The van der Waals surface area contributed by atoms with Crippen LogP contribution in [0.5, 0.6) is 0 Å². The lowest BCUT2D eigenvalue weighted by Gasteiger charge is -2.45. The van der Waals surface area contributed by atoms with E-state index < -0.39 is 5.60 Å². The maximum absolute atomic E-state index is 12.5. The molecule has 5 nitrogen and oxygen atoms in total. The van der Waals surface area contributed by atoms with Crippen molar-refractivity contribution in [1.29, 1.82) is 0 Å². The van der Waals surface area contributed by atoms with E-state index in [9.17, 15) is 9.90 Å². The summed E-state index contributed by atoms with van der Waals surface area (Å²) < 4.78 is 5.10. The molecule has 5 heteroatoms. The highest BCUT2D eigenvalue weighted by Gasteiger charge is 2.55. The molecule has 0 aromatic heterocycles. The van der Waals surface area contributed by atoms with Gasteiger partial charge in [0.2, 0.25) is 0 Å². The van der Waals surface area contributed by atoms with E-state index in [1.54, 1.807) is 0 Å². The molecule has 0 aromatic carbocycles. The molecule has 0 spiro atoms. The summed E-state index contributed by atoms with van der Waals surface area (Å²) in [5, 5.41) is 12.4. The Hall–Kier alpha value is -0.650. The predicted octanol–water partition coefficient (Wildman–Crippen LogP) is 3.40. The van der Waals surface area contributed by atoms with E-state index in [0.29, 0.717) is 17.8 Å². The zero-order valence-corrected chi connectivity index (χ0v) is 17.3. The third-order valence-corrected chi connectivity index (χ3v) is 7.90. The van der Waals surface area contributed by atoms with Gasteiger partial charge in [0.15, 0.2) is 0 Å². The van der Waals surface area contributed by atoms with Crippen molar-refractivity contribution < 1.29 is 19.5 Å². The molecule has 0 amide bonds. The van der Waals surface area contributed by atoms with Gasteiger partial charge in [0.25, 0.3) is 0 Å². The van der Waals surface area contributed by atoms with E-state index in [4.69, 9.17) is 9.57 Å². The van der Waals surface area contributed by atoms with Crippen LogP contribution in [0.3, 0.4) is 0 Å². The highest BCUT2D eigenvalue weighted by Crippen LogP contribution is 2.58. The van der Waals surface area contributed by atoms with E-state index >= 15 is 0 Å². The van der Waals surface area contributed by atoms with Crippen LogP contribution in [0.4, 0.5) is 0 Å². The second kappa shape index (κ2) is 7.06. The molecule has 1 saturated heterocycles. The Bertz CT molecular complexity index is 536. The summed E-state index contributed by atoms with van der Waals surface area (Å²) in [5.74, 6) is 1.06. The molecule has 3 rings (SSSR count). The first kappa shape index (κ1) is 20.1. The SMILES string of the molecule is COC(=O)[C@@H]1[C@@H](C[C@@H](C)[C@H]2CCC3[C@@H](O)CCC[C@@]32C)N(C)OC1(C)C. The fourth-order valence-corrected chi connectivity index (χ4v) is 6.69. The number of fused-ring (bicyclic) bond motifs is 1. The summed E-state index contributed by atoms with van der Waals surface area (Å²) in [6, 6.07) is 0.0311. The Labute approximate surface area is 158 Å². The number of hydroxylamine groups is 2. The number of nitrogens with zero attached hydrogens (tertiary/aromatic N) is 1. The maximum Gasteiger partial charge on any atom is 0.313 e. The summed E-state index contributed by atoms with van der Waals surface area (Å²) in [6.45, 7) is 8.66. The van der Waals surface area contributed by atoms with Gasteiger partial charge in [-0.3, -0.25) is 9.63 Å². The first-order valence-corrected chi connectivity index (χ1v) is 10.3. The number of ether oxygens (including phenoxy) is 1. The normalized spacial score (nSPS) is 43.9. The maximum atomic E-state index is 12.5. The van der Waals surface area contributed by atoms with Crippen LogP contribution in [0.2, 0.25) is 0 Å². The average Bonchev–Trinajstić information content (AvgIpc) is 3.01. The molecule has 1 unspecified atom stereocenters. The molecular weight excluding hydrogens is 330 g/mol. The van der Waals surface area contributed by atoms with Crippen LogP contribution in [-0.2, 0) is 14.4 Å². The predicted molar refractivity (Wildman–Crippen MR) is 100 cm³/mol. The largest absolute Gasteiger partial charge is 0.469 e. The minimum absolute atomic E-state index is 0.0311. The Morgan fingerprint density at radius 3 is 2.65 bits per heavy atom.